The van der Waals surface area contributed by atoms with E-state index in [0.717, 1.165) is 4.47 Å². The number of methoxy groups -OCH3 is 1. The van der Waals surface area contributed by atoms with Gasteiger partial charge in [-0.15, -0.1) is 0 Å². The summed E-state index contributed by atoms with van der Waals surface area (Å²) in [7, 11) is 1.41. The third-order valence-corrected chi connectivity index (χ3v) is 3.42. The van der Waals surface area contributed by atoms with Gasteiger partial charge >= 0.3 is 5.69 Å². The van der Waals surface area contributed by atoms with Crippen LogP contribution >= 0.6 is 15.9 Å². The number of ketones is 1. The molecule has 2 aromatic carbocycles. The molecule has 22 heavy (non-hydrogen) atoms. The first-order valence-corrected chi connectivity index (χ1v) is 7.04. The van der Waals surface area contributed by atoms with Gasteiger partial charge < -0.3 is 9.47 Å². The van der Waals surface area contributed by atoms with Crippen molar-refractivity contribution in [2.75, 3.05) is 13.7 Å². The number of hydrogen-bond donors (Lipinski definition) is 0. The van der Waals surface area contributed by atoms with Gasteiger partial charge in [0.15, 0.2) is 18.1 Å². The molecule has 0 aliphatic rings. The summed E-state index contributed by atoms with van der Waals surface area (Å²) in [6, 6.07) is 11.0. The van der Waals surface area contributed by atoms with Crippen LogP contribution in [0.25, 0.3) is 0 Å². The Morgan fingerprint density at radius 3 is 2.50 bits per heavy atom. The standard InChI is InChI=1S/C15H12BrNO5/c1-21-12-6-7-15(13(8-12)17(19)20)22-9-14(18)10-2-4-11(16)5-3-10/h2-8H,9H2,1H3. The molecule has 0 atom stereocenters. The predicted molar refractivity (Wildman–Crippen MR) is 83.6 cm³/mol. The van der Waals surface area contributed by atoms with Crippen LogP contribution in [0.3, 0.4) is 0 Å². The number of Topliss-reactive ketones (excluding diaryl/α,β-unsaturated/α-hetero) is 1. The molecule has 0 spiro atoms. The molecule has 0 unspecified atom stereocenters. The highest BCUT2D eigenvalue weighted by Crippen LogP contribution is 2.31. The summed E-state index contributed by atoms with van der Waals surface area (Å²) in [4.78, 5) is 22.4. The van der Waals surface area contributed by atoms with Crippen LogP contribution < -0.4 is 9.47 Å². The summed E-state index contributed by atoms with van der Waals surface area (Å²) < 4.78 is 11.1. The zero-order valence-electron chi connectivity index (χ0n) is 11.6. The van der Waals surface area contributed by atoms with Crippen molar-refractivity contribution >= 4 is 27.4 Å². The van der Waals surface area contributed by atoms with Crippen molar-refractivity contribution in [3.8, 4) is 11.5 Å². The Kier molecular flexibility index (Phi) is 5.11. The zero-order valence-corrected chi connectivity index (χ0v) is 13.2. The average molecular weight is 366 g/mol. The number of nitro groups is 1. The summed E-state index contributed by atoms with van der Waals surface area (Å²) in [5.41, 5.74) is 0.224. The molecule has 0 heterocycles. The maximum Gasteiger partial charge on any atom is 0.314 e. The first-order chi connectivity index (χ1) is 10.5. The van der Waals surface area contributed by atoms with Crippen molar-refractivity contribution in [3.05, 3.63) is 62.6 Å². The highest BCUT2D eigenvalue weighted by molar-refractivity contribution is 9.10. The molecule has 0 aliphatic carbocycles. The molecule has 0 amide bonds. The first kappa shape index (κ1) is 16.0. The number of nitro benzene ring substituents is 1. The van der Waals surface area contributed by atoms with Crippen LogP contribution in [0.2, 0.25) is 0 Å². The van der Waals surface area contributed by atoms with Crippen molar-refractivity contribution in [1.29, 1.82) is 0 Å². The molecule has 0 saturated heterocycles. The fourth-order valence-electron chi connectivity index (χ4n) is 1.75. The molecule has 0 aromatic heterocycles. The number of ether oxygens (including phenoxy) is 2. The third-order valence-electron chi connectivity index (χ3n) is 2.89. The Balaban J connectivity index is 2.12. The number of hydrogen-bond acceptors (Lipinski definition) is 5. The largest absolute Gasteiger partial charge is 0.496 e. The van der Waals surface area contributed by atoms with Gasteiger partial charge in [-0.25, -0.2) is 0 Å². The fourth-order valence-corrected chi connectivity index (χ4v) is 2.02. The predicted octanol–water partition coefficient (Wildman–Crippen LogP) is 3.63. The van der Waals surface area contributed by atoms with Crippen molar-refractivity contribution in [1.82, 2.24) is 0 Å². The zero-order chi connectivity index (χ0) is 16.1. The van der Waals surface area contributed by atoms with Gasteiger partial charge in [-0.3, -0.25) is 14.9 Å². The van der Waals surface area contributed by atoms with Gasteiger partial charge in [0.05, 0.1) is 18.1 Å². The minimum absolute atomic E-state index is 0.0243. The number of rotatable bonds is 6. The number of nitrogens with zero attached hydrogens (tertiary/aromatic N) is 1. The van der Waals surface area contributed by atoms with Gasteiger partial charge in [0.1, 0.15) is 5.75 Å². The summed E-state index contributed by atoms with van der Waals surface area (Å²) in [6.45, 7) is -0.283. The van der Waals surface area contributed by atoms with Crippen LogP contribution in [0.15, 0.2) is 46.9 Å². The SMILES string of the molecule is COc1ccc(OCC(=O)c2ccc(Br)cc2)c([N+](=O)[O-])c1. The molecule has 0 radical (unpaired) electrons. The van der Waals surface area contributed by atoms with Crippen molar-refractivity contribution < 1.29 is 19.2 Å². The van der Waals surface area contributed by atoms with Gasteiger partial charge in [-0.1, -0.05) is 28.1 Å². The lowest BCUT2D eigenvalue weighted by Gasteiger charge is -2.07. The van der Waals surface area contributed by atoms with Crippen molar-refractivity contribution in [2.45, 2.75) is 0 Å². The molecule has 7 heteroatoms. The maximum absolute atomic E-state index is 12.0. The van der Waals surface area contributed by atoms with Crippen LogP contribution in [0.5, 0.6) is 11.5 Å². The van der Waals surface area contributed by atoms with Crippen molar-refractivity contribution in [3.63, 3.8) is 0 Å². The number of carbonyl (C=O) groups is 1. The van der Waals surface area contributed by atoms with E-state index in [4.69, 9.17) is 9.47 Å². The highest BCUT2D eigenvalue weighted by Gasteiger charge is 2.18. The first-order valence-electron chi connectivity index (χ1n) is 6.25. The second-order valence-electron chi connectivity index (χ2n) is 4.31. The molecule has 0 saturated carbocycles. The van der Waals surface area contributed by atoms with Crippen LogP contribution in [-0.4, -0.2) is 24.4 Å². The summed E-state index contributed by atoms with van der Waals surface area (Å²) in [5.74, 6) is 0.104. The number of benzene rings is 2. The molecular weight excluding hydrogens is 354 g/mol. The smallest absolute Gasteiger partial charge is 0.314 e. The van der Waals surface area contributed by atoms with Crippen LogP contribution in [0.1, 0.15) is 10.4 Å². The molecule has 6 nitrogen and oxygen atoms in total. The molecular formula is C15H12BrNO5. The van der Waals surface area contributed by atoms with Crippen LogP contribution in [0, 0.1) is 10.1 Å². The summed E-state index contributed by atoms with van der Waals surface area (Å²) in [6.07, 6.45) is 0. The Bertz CT molecular complexity index is 700. The topological polar surface area (TPSA) is 78.7 Å². The monoisotopic (exact) mass is 365 g/mol. The van der Waals surface area contributed by atoms with E-state index in [0.29, 0.717) is 11.3 Å². The fraction of sp³-hybridized carbons (Fsp3) is 0.133. The van der Waals surface area contributed by atoms with E-state index in [2.05, 4.69) is 15.9 Å². The van der Waals surface area contributed by atoms with Gasteiger partial charge in [-0.2, -0.15) is 0 Å². The quantitative estimate of drug-likeness (QED) is 0.443. The molecule has 2 rings (SSSR count). The number of halogens is 1. The molecule has 0 aliphatic heterocycles. The van der Waals surface area contributed by atoms with E-state index in [1.54, 1.807) is 24.3 Å². The Hall–Kier alpha value is -2.41. The second-order valence-corrected chi connectivity index (χ2v) is 5.23. The normalized spacial score (nSPS) is 10.1. The molecule has 0 bridgehead atoms. The van der Waals surface area contributed by atoms with E-state index in [-0.39, 0.29) is 23.8 Å². The second kappa shape index (κ2) is 7.04. The molecule has 114 valence electrons. The van der Waals surface area contributed by atoms with E-state index < -0.39 is 4.92 Å². The lowest BCUT2D eigenvalue weighted by Crippen LogP contribution is -2.12. The Morgan fingerprint density at radius 2 is 1.91 bits per heavy atom. The van der Waals surface area contributed by atoms with Gasteiger partial charge in [0, 0.05) is 10.0 Å². The van der Waals surface area contributed by atoms with E-state index in [9.17, 15) is 14.9 Å². The van der Waals surface area contributed by atoms with Crippen LogP contribution in [0.4, 0.5) is 5.69 Å². The Morgan fingerprint density at radius 1 is 1.23 bits per heavy atom. The minimum atomic E-state index is -0.581. The molecule has 2 aromatic rings. The highest BCUT2D eigenvalue weighted by atomic mass is 79.9. The van der Waals surface area contributed by atoms with Gasteiger partial charge in [0.25, 0.3) is 0 Å². The molecule has 0 fully saturated rings. The minimum Gasteiger partial charge on any atom is -0.496 e. The number of carbonyl (C=O) groups excluding carboxylic acids is 1. The lowest BCUT2D eigenvalue weighted by molar-refractivity contribution is -0.385. The molecule has 0 N–H and O–H groups in total. The maximum atomic E-state index is 12.0. The van der Waals surface area contributed by atoms with E-state index in [1.807, 2.05) is 0 Å². The Labute approximate surface area is 134 Å². The summed E-state index contributed by atoms with van der Waals surface area (Å²) in [5, 5.41) is 11.0. The lowest BCUT2D eigenvalue weighted by atomic mass is 10.1. The average Bonchev–Trinajstić information content (AvgIpc) is 2.53. The van der Waals surface area contributed by atoms with Gasteiger partial charge in [-0.05, 0) is 24.3 Å². The van der Waals surface area contributed by atoms with E-state index in [1.165, 1.54) is 25.3 Å². The van der Waals surface area contributed by atoms with E-state index >= 15 is 0 Å². The summed E-state index contributed by atoms with van der Waals surface area (Å²) >= 11 is 3.28. The van der Waals surface area contributed by atoms with Gasteiger partial charge in [0.2, 0.25) is 0 Å². The van der Waals surface area contributed by atoms with Crippen molar-refractivity contribution in [2.24, 2.45) is 0 Å². The van der Waals surface area contributed by atoms with Crippen LogP contribution in [-0.2, 0) is 0 Å². The third kappa shape index (κ3) is 3.82.